The minimum atomic E-state index is -0.370. The molecule has 0 radical (unpaired) electrons. The molecule has 1 fully saturated rings. The van der Waals surface area contributed by atoms with Gasteiger partial charge < -0.3 is 10.1 Å². The van der Waals surface area contributed by atoms with E-state index in [9.17, 15) is 4.79 Å². The van der Waals surface area contributed by atoms with Crippen LogP contribution < -0.4 is 10.2 Å². The van der Waals surface area contributed by atoms with Crippen molar-refractivity contribution in [1.82, 2.24) is 19.7 Å². The van der Waals surface area contributed by atoms with Crippen molar-refractivity contribution in [1.29, 1.82) is 0 Å². The molecule has 0 aliphatic carbocycles. The molecule has 2 aromatic heterocycles. The fourth-order valence-electron chi connectivity index (χ4n) is 3.30. The quantitative estimate of drug-likeness (QED) is 0.686. The highest BCUT2D eigenvalue weighted by Gasteiger charge is 2.37. The zero-order valence-corrected chi connectivity index (χ0v) is 16.7. The third kappa shape index (κ3) is 3.91. The average molecular weight is 392 g/mol. The molecule has 0 saturated carbocycles. The first-order valence-corrected chi connectivity index (χ1v) is 9.68. The van der Waals surface area contributed by atoms with Crippen molar-refractivity contribution in [3.8, 4) is 5.69 Å². The number of para-hydroxylation sites is 1. The number of nitrogens with zero attached hydrogens (tertiary/aromatic N) is 5. The van der Waals surface area contributed by atoms with Crippen LogP contribution in [-0.2, 0) is 4.74 Å². The molecule has 2 atom stereocenters. The SMILES string of the molecule is CC(C)C1COC(=O)N1c1ccnc(N[C@@H](C)c2cnn(-c3ccccc3)c2)n1. The molecule has 1 aromatic carbocycles. The Hall–Kier alpha value is -3.42. The van der Waals surface area contributed by atoms with Crippen molar-refractivity contribution < 1.29 is 9.53 Å². The Balaban J connectivity index is 1.51. The number of rotatable bonds is 6. The largest absolute Gasteiger partial charge is 0.447 e. The van der Waals surface area contributed by atoms with Crippen molar-refractivity contribution in [3.05, 3.63) is 60.6 Å². The summed E-state index contributed by atoms with van der Waals surface area (Å²) >= 11 is 0. The summed E-state index contributed by atoms with van der Waals surface area (Å²) < 4.78 is 7.06. The van der Waals surface area contributed by atoms with Crippen LogP contribution >= 0.6 is 0 Å². The van der Waals surface area contributed by atoms with E-state index in [-0.39, 0.29) is 24.1 Å². The van der Waals surface area contributed by atoms with Crippen LogP contribution in [0.3, 0.4) is 0 Å². The van der Waals surface area contributed by atoms with Gasteiger partial charge in [-0.1, -0.05) is 32.0 Å². The Morgan fingerprint density at radius 2 is 1.97 bits per heavy atom. The maximum atomic E-state index is 12.2. The van der Waals surface area contributed by atoms with Gasteiger partial charge in [0, 0.05) is 18.0 Å². The van der Waals surface area contributed by atoms with Gasteiger partial charge in [-0.25, -0.2) is 14.5 Å². The van der Waals surface area contributed by atoms with Crippen LogP contribution in [0.1, 0.15) is 32.4 Å². The van der Waals surface area contributed by atoms with E-state index in [4.69, 9.17) is 4.74 Å². The minimum Gasteiger partial charge on any atom is -0.447 e. The van der Waals surface area contributed by atoms with Gasteiger partial charge in [0.2, 0.25) is 5.95 Å². The summed E-state index contributed by atoms with van der Waals surface area (Å²) in [5.41, 5.74) is 2.00. The van der Waals surface area contributed by atoms with Crippen molar-refractivity contribution in [2.45, 2.75) is 32.9 Å². The summed E-state index contributed by atoms with van der Waals surface area (Å²) in [7, 11) is 0. The number of carbonyl (C=O) groups is 1. The topological polar surface area (TPSA) is 85.2 Å². The Bertz CT molecular complexity index is 988. The lowest BCUT2D eigenvalue weighted by Gasteiger charge is -2.23. The van der Waals surface area contributed by atoms with E-state index in [1.54, 1.807) is 17.2 Å². The molecule has 0 spiro atoms. The number of carbonyl (C=O) groups excluding carboxylic acids is 1. The number of hydrogen-bond donors (Lipinski definition) is 1. The molecule has 150 valence electrons. The number of nitrogens with one attached hydrogen (secondary N) is 1. The van der Waals surface area contributed by atoms with E-state index in [1.807, 2.05) is 54.3 Å². The first-order chi connectivity index (χ1) is 14.0. The van der Waals surface area contributed by atoms with Crippen molar-refractivity contribution >= 4 is 17.9 Å². The molecule has 8 heteroatoms. The van der Waals surface area contributed by atoms with Gasteiger partial charge in [0.25, 0.3) is 0 Å². The zero-order chi connectivity index (χ0) is 20.4. The van der Waals surface area contributed by atoms with Gasteiger partial charge in [-0.15, -0.1) is 0 Å². The number of aromatic nitrogens is 4. The predicted molar refractivity (Wildman–Crippen MR) is 110 cm³/mol. The number of ether oxygens (including phenoxy) is 1. The summed E-state index contributed by atoms with van der Waals surface area (Å²) in [6.45, 7) is 6.51. The van der Waals surface area contributed by atoms with E-state index in [0.717, 1.165) is 11.3 Å². The summed E-state index contributed by atoms with van der Waals surface area (Å²) in [5, 5.41) is 7.73. The molecule has 1 saturated heterocycles. The molecule has 4 rings (SSSR count). The highest BCUT2D eigenvalue weighted by molar-refractivity contribution is 5.89. The molecule has 3 heterocycles. The van der Waals surface area contributed by atoms with Gasteiger partial charge in [-0.05, 0) is 31.0 Å². The summed E-state index contributed by atoms with van der Waals surface area (Å²) in [6, 6.07) is 11.6. The average Bonchev–Trinajstić information content (AvgIpc) is 3.36. The molecular formula is C21H24N6O2. The number of amides is 1. The number of benzene rings is 1. The van der Waals surface area contributed by atoms with Gasteiger partial charge in [0.05, 0.1) is 24.0 Å². The van der Waals surface area contributed by atoms with E-state index < -0.39 is 0 Å². The lowest BCUT2D eigenvalue weighted by Crippen LogP contribution is -2.37. The highest BCUT2D eigenvalue weighted by atomic mass is 16.6. The Labute approximate surface area is 169 Å². The zero-order valence-electron chi connectivity index (χ0n) is 16.7. The molecule has 1 unspecified atom stereocenters. The maximum Gasteiger partial charge on any atom is 0.415 e. The fourth-order valence-corrected chi connectivity index (χ4v) is 3.30. The number of cyclic esters (lactones) is 1. The third-order valence-corrected chi connectivity index (χ3v) is 5.03. The molecule has 1 aliphatic heterocycles. The highest BCUT2D eigenvalue weighted by Crippen LogP contribution is 2.26. The van der Waals surface area contributed by atoms with Gasteiger partial charge >= 0.3 is 6.09 Å². The number of hydrogen-bond acceptors (Lipinski definition) is 6. The predicted octanol–water partition coefficient (Wildman–Crippen LogP) is 3.82. The van der Waals surface area contributed by atoms with Gasteiger partial charge in [-0.2, -0.15) is 10.1 Å². The lowest BCUT2D eigenvalue weighted by molar-refractivity contribution is 0.177. The molecule has 1 aliphatic rings. The summed E-state index contributed by atoms with van der Waals surface area (Å²) in [5.74, 6) is 1.25. The smallest absolute Gasteiger partial charge is 0.415 e. The van der Waals surface area contributed by atoms with Crippen LogP contribution in [0.2, 0.25) is 0 Å². The summed E-state index contributed by atoms with van der Waals surface area (Å²) in [4.78, 5) is 22.7. The monoisotopic (exact) mass is 392 g/mol. The second-order valence-corrected chi connectivity index (χ2v) is 7.42. The molecular weight excluding hydrogens is 368 g/mol. The van der Waals surface area contributed by atoms with E-state index >= 15 is 0 Å². The Morgan fingerprint density at radius 1 is 1.17 bits per heavy atom. The van der Waals surface area contributed by atoms with Crippen LogP contribution in [0.4, 0.5) is 16.6 Å². The fraction of sp³-hybridized carbons (Fsp3) is 0.333. The van der Waals surface area contributed by atoms with Crippen molar-refractivity contribution in [2.24, 2.45) is 5.92 Å². The van der Waals surface area contributed by atoms with Crippen molar-refractivity contribution in [3.63, 3.8) is 0 Å². The van der Waals surface area contributed by atoms with Gasteiger partial charge in [0.1, 0.15) is 12.4 Å². The molecule has 8 nitrogen and oxygen atoms in total. The van der Waals surface area contributed by atoms with Crippen LogP contribution in [0.25, 0.3) is 5.69 Å². The molecule has 29 heavy (non-hydrogen) atoms. The molecule has 3 aromatic rings. The summed E-state index contributed by atoms with van der Waals surface area (Å²) in [6.07, 6.45) is 5.07. The lowest BCUT2D eigenvalue weighted by atomic mass is 10.0. The molecule has 1 N–H and O–H groups in total. The van der Waals surface area contributed by atoms with Crippen LogP contribution in [-0.4, -0.2) is 38.5 Å². The van der Waals surface area contributed by atoms with E-state index in [0.29, 0.717) is 18.4 Å². The number of anilines is 2. The van der Waals surface area contributed by atoms with Crippen LogP contribution in [0, 0.1) is 5.92 Å². The van der Waals surface area contributed by atoms with Crippen molar-refractivity contribution in [2.75, 3.05) is 16.8 Å². The Kier molecular flexibility index (Phi) is 5.16. The van der Waals surface area contributed by atoms with Gasteiger partial charge in [0.15, 0.2) is 0 Å². The first kappa shape index (κ1) is 18.9. The normalized spacial score (nSPS) is 17.4. The molecule has 0 bridgehead atoms. The van der Waals surface area contributed by atoms with E-state index in [2.05, 4.69) is 34.2 Å². The van der Waals surface area contributed by atoms with E-state index in [1.165, 1.54) is 0 Å². The van der Waals surface area contributed by atoms with Crippen LogP contribution in [0.15, 0.2) is 55.0 Å². The maximum absolute atomic E-state index is 12.2. The minimum absolute atomic E-state index is 0.0354. The van der Waals surface area contributed by atoms with Crippen LogP contribution in [0.5, 0.6) is 0 Å². The molecule has 1 amide bonds. The third-order valence-electron chi connectivity index (χ3n) is 5.03. The second kappa shape index (κ2) is 7.90. The first-order valence-electron chi connectivity index (χ1n) is 9.68. The second-order valence-electron chi connectivity index (χ2n) is 7.42. The standard InChI is InChI=1S/C21H24N6O2/c1-14(2)18-13-29-21(28)27(18)19-9-10-22-20(25-19)24-15(3)16-11-23-26(12-16)17-7-5-4-6-8-17/h4-12,14-15,18H,13H2,1-3H3,(H,22,24,25)/t15-,18?/m0/s1. The Morgan fingerprint density at radius 3 is 2.72 bits per heavy atom. The van der Waals surface area contributed by atoms with Gasteiger partial charge in [-0.3, -0.25) is 4.90 Å².